The number of nitrogen functional groups attached to an aromatic ring is 1. The fraction of sp³-hybridized carbons (Fsp3) is 0.333. The molecular formula is C9H13FN2O. The molecule has 1 aromatic rings. The van der Waals surface area contributed by atoms with Gasteiger partial charge in [0.25, 0.3) is 0 Å². The molecule has 0 heterocycles. The van der Waals surface area contributed by atoms with Gasteiger partial charge in [-0.2, -0.15) is 0 Å². The van der Waals surface area contributed by atoms with Crippen molar-refractivity contribution in [1.82, 2.24) is 0 Å². The van der Waals surface area contributed by atoms with E-state index < -0.39 is 18.0 Å². The molecule has 1 unspecified atom stereocenters. The fourth-order valence-electron chi connectivity index (χ4n) is 1.10. The molecule has 1 rings (SSSR count). The lowest BCUT2D eigenvalue weighted by Gasteiger charge is -2.17. The third-order valence-electron chi connectivity index (χ3n) is 1.97. The molecule has 0 aliphatic rings. The molecule has 0 saturated heterocycles. The molecule has 0 amide bonds. The number of hydrogen-bond donors (Lipinski definition) is 3. The topological polar surface area (TPSA) is 72.3 Å². The van der Waals surface area contributed by atoms with E-state index in [2.05, 4.69) is 0 Å². The quantitative estimate of drug-likeness (QED) is 0.595. The summed E-state index contributed by atoms with van der Waals surface area (Å²) in [5.74, 6) is -0.506. The average Bonchev–Trinajstić information content (AvgIpc) is 2.08. The van der Waals surface area contributed by atoms with Gasteiger partial charge in [-0.1, -0.05) is 12.1 Å². The van der Waals surface area contributed by atoms with Gasteiger partial charge < -0.3 is 16.6 Å². The number of para-hydroxylation sites is 1. The van der Waals surface area contributed by atoms with Crippen molar-refractivity contribution in [3.63, 3.8) is 0 Å². The van der Waals surface area contributed by atoms with Crippen LogP contribution in [0.3, 0.4) is 0 Å². The standard InChI is InChI=1S/C9H13FN2O/c1-5(13)8(11)6-3-2-4-7(10)9(6)12/h2-5,8,13H,11-12H2,1H3/t5?,8-/m1/s1. The summed E-state index contributed by atoms with van der Waals surface area (Å²) in [5, 5.41) is 9.19. The molecule has 0 radical (unpaired) electrons. The largest absolute Gasteiger partial charge is 0.396 e. The smallest absolute Gasteiger partial charge is 0.146 e. The molecule has 0 aliphatic heterocycles. The Balaban J connectivity index is 3.07. The zero-order chi connectivity index (χ0) is 10.0. The third-order valence-corrected chi connectivity index (χ3v) is 1.97. The van der Waals surface area contributed by atoms with Crippen LogP contribution < -0.4 is 11.5 Å². The highest BCUT2D eigenvalue weighted by Crippen LogP contribution is 2.23. The second kappa shape index (κ2) is 3.72. The van der Waals surface area contributed by atoms with Gasteiger partial charge in [-0.15, -0.1) is 0 Å². The van der Waals surface area contributed by atoms with Gasteiger partial charge in [-0.25, -0.2) is 4.39 Å². The van der Waals surface area contributed by atoms with E-state index in [0.717, 1.165) is 0 Å². The van der Waals surface area contributed by atoms with Crippen molar-refractivity contribution in [3.8, 4) is 0 Å². The lowest BCUT2D eigenvalue weighted by molar-refractivity contribution is 0.164. The van der Waals surface area contributed by atoms with Crippen molar-refractivity contribution in [3.05, 3.63) is 29.6 Å². The number of nitrogens with two attached hydrogens (primary N) is 2. The van der Waals surface area contributed by atoms with Crippen LogP contribution in [0.1, 0.15) is 18.5 Å². The molecule has 72 valence electrons. The highest BCUT2D eigenvalue weighted by molar-refractivity contribution is 5.49. The van der Waals surface area contributed by atoms with Crippen molar-refractivity contribution in [2.45, 2.75) is 19.1 Å². The number of anilines is 1. The van der Waals surface area contributed by atoms with E-state index in [4.69, 9.17) is 11.5 Å². The molecule has 13 heavy (non-hydrogen) atoms. The van der Waals surface area contributed by atoms with Crippen LogP contribution in [-0.4, -0.2) is 11.2 Å². The summed E-state index contributed by atoms with van der Waals surface area (Å²) >= 11 is 0. The van der Waals surface area contributed by atoms with Crippen molar-refractivity contribution in [2.24, 2.45) is 5.73 Å². The van der Waals surface area contributed by atoms with Crippen molar-refractivity contribution in [2.75, 3.05) is 5.73 Å². The summed E-state index contributed by atoms with van der Waals surface area (Å²) in [6, 6.07) is 3.74. The molecule has 0 fully saturated rings. The Bertz CT molecular complexity index is 302. The van der Waals surface area contributed by atoms with Crippen LogP contribution in [0.5, 0.6) is 0 Å². The van der Waals surface area contributed by atoms with Gasteiger partial charge in [-0.3, -0.25) is 0 Å². The van der Waals surface area contributed by atoms with E-state index in [9.17, 15) is 9.50 Å². The lowest BCUT2D eigenvalue weighted by atomic mass is 10.0. The van der Waals surface area contributed by atoms with E-state index in [1.807, 2.05) is 0 Å². The predicted octanol–water partition coefficient (Wildman–Crippen LogP) is 0.789. The van der Waals surface area contributed by atoms with Gasteiger partial charge in [-0.05, 0) is 18.6 Å². The van der Waals surface area contributed by atoms with Crippen LogP contribution in [0, 0.1) is 5.82 Å². The first-order valence-electron chi connectivity index (χ1n) is 4.01. The minimum absolute atomic E-state index is 0.0101. The molecule has 2 atom stereocenters. The Kier molecular flexibility index (Phi) is 2.85. The molecule has 0 aromatic heterocycles. The van der Waals surface area contributed by atoms with Gasteiger partial charge in [0, 0.05) is 0 Å². The van der Waals surface area contributed by atoms with E-state index >= 15 is 0 Å². The first-order valence-corrected chi connectivity index (χ1v) is 4.01. The molecule has 4 heteroatoms. The van der Waals surface area contributed by atoms with Gasteiger partial charge in [0.15, 0.2) is 0 Å². The molecule has 1 aromatic carbocycles. The van der Waals surface area contributed by atoms with E-state index in [1.54, 1.807) is 6.07 Å². The summed E-state index contributed by atoms with van der Waals surface area (Å²) in [4.78, 5) is 0. The van der Waals surface area contributed by atoms with Gasteiger partial charge in [0.05, 0.1) is 17.8 Å². The van der Waals surface area contributed by atoms with Crippen molar-refractivity contribution >= 4 is 5.69 Å². The molecular weight excluding hydrogens is 171 g/mol. The Hall–Kier alpha value is -1.13. The average molecular weight is 184 g/mol. The van der Waals surface area contributed by atoms with Gasteiger partial charge in [0.2, 0.25) is 0 Å². The predicted molar refractivity (Wildman–Crippen MR) is 49.4 cm³/mol. The Labute approximate surface area is 76.2 Å². The summed E-state index contributed by atoms with van der Waals surface area (Å²) in [7, 11) is 0. The van der Waals surface area contributed by atoms with Crippen LogP contribution in [0.2, 0.25) is 0 Å². The minimum atomic E-state index is -0.746. The number of aliphatic hydroxyl groups excluding tert-OH is 1. The molecule has 0 aliphatic carbocycles. The van der Waals surface area contributed by atoms with E-state index in [-0.39, 0.29) is 5.69 Å². The number of aliphatic hydroxyl groups is 1. The molecule has 3 nitrogen and oxygen atoms in total. The summed E-state index contributed by atoms with van der Waals surface area (Å²) in [6.07, 6.45) is -0.746. The highest BCUT2D eigenvalue weighted by Gasteiger charge is 2.16. The zero-order valence-corrected chi connectivity index (χ0v) is 7.37. The summed E-state index contributed by atoms with van der Waals surface area (Å²) in [5.41, 5.74) is 11.5. The molecule has 0 saturated carbocycles. The maximum Gasteiger partial charge on any atom is 0.146 e. The first-order chi connectivity index (χ1) is 6.04. The van der Waals surface area contributed by atoms with E-state index in [1.165, 1.54) is 19.1 Å². The number of benzene rings is 1. The number of rotatable bonds is 2. The third kappa shape index (κ3) is 1.96. The first kappa shape index (κ1) is 9.95. The number of halogens is 1. The maximum atomic E-state index is 12.9. The SMILES string of the molecule is CC(O)[C@@H](N)c1cccc(F)c1N. The van der Waals surface area contributed by atoms with Crippen LogP contribution in [0.15, 0.2) is 18.2 Å². The molecule has 5 N–H and O–H groups in total. The maximum absolute atomic E-state index is 12.9. The molecule has 0 bridgehead atoms. The van der Waals surface area contributed by atoms with Crippen molar-refractivity contribution < 1.29 is 9.50 Å². The van der Waals surface area contributed by atoms with Gasteiger partial charge in [0.1, 0.15) is 5.82 Å². The normalized spacial score (nSPS) is 15.4. The fourth-order valence-corrected chi connectivity index (χ4v) is 1.10. The molecule has 0 spiro atoms. The highest BCUT2D eigenvalue weighted by atomic mass is 19.1. The Morgan fingerprint density at radius 3 is 2.62 bits per heavy atom. The monoisotopic (exact) mass is 184 g/mol. The second-order valence-electron chi connectivity index (χ2n) is 3.01. The van der Waals surface area contributed by atoms with Crippen LogP contribution in [-0.2, 0) is 0 Å². The summed E-state index contributed by atoms with van der Waals surface area (Å²) in [6.45, 7) is 1.54. The number of hydrogen-bond acceptors (Lipinski definition) is 3. The minimum Gasteiger partial charge on any atom is -0.396 e. The van der Waals surface area contributed by atoms with Crippen LogP contribution >= 0.6 is 0 Å². The van der Waals surface area contributed by atoms with Crippen LogP contribution in [0.4, 0.5) is 10.1 Å². The van der Waals surface area contributed by atoms with Crippen molar-refractivity contribution in [1.29, 1.82) is 0 Å². The van der Waals surface area contributed by atoms with Gasteiger partial charge >= 0.3 is 0 Å². The van der Waals surface area contributed by atoms with E-state index in [0.29, 0.717) is 5.56 Å². The summed E-state index contributed by atoms with van der Waals surface area (Å²) < 4.78 is 12.9. The van der Waals surface area contributed by atoms with Crippen LogP contribution in [0.25, 0.3) is 0 Å². The lowest BCUT2D eigenvalue weighted by Crippen LogP contribution is -2.24. The zero-order valence-electron chi connectivity index (χ0n) is 7.37. The Morgan fingerprint density at radius 1 is 1.46 bits per heavy atom. The Morgan fingerprint density at radius 2 is 2.08 bits per heavy atom. The second-order valence-corrected chi connectivity index (χ2v) is 3.01.